The van der Waals surface area contributed by atoms with Gasteiger partial charge in [0, 0.05) is 32.6 Å². The van der Waals surface area contributed by atoms with E-state index >= 15 is 0 Å². The van der Waals surface area contributed by atoms with Crippen molar-refractivity contribution in [2.24, 2.45) is 4.99 Å². The van der Waals surface area contributed by atoms with E-state index in [0.29, 0.717) is 0 Å². The molecular formula is C20H32N6O. The van der Waals surface area contributed by atoms with Gasteiger partial charge in [0.2, 0.25) is 0 Å². The summed E-state index contributed by atoms with van der Waals surface area (Å²) in [6.07, 6.45) is 4.64. The summed E-state index contributed by atoms with van der Waals surface area (Å²) >= 11 is 0. The molecule has 1 heterocycles. The van der Waals surface area contributed by atoms with Crippen molar-refractivity contribution in [1.82, 2.24) is 25.4 Å². The number of ether oxygens (including phenoxy) is 1. The van der Waals surface area contributed by atoms with Crippen LogP contribution in [0.1, 0.15) is 38.1 Å². The molecule has 0 radical (unpaired) electrons. The van der Waals surface area contributed by atoms with E-state index in [9.17, 15) is 0 Å². The zero-order valence-electron chi connectivity index (χ0n) is 16.7. The zero-order chi connectivity index (χ0) is 19.3. The van der Waals surface area contributed by atoms with Crippen LogP contribution in [0.4, 0.5) is 0 Å². The Bertz CT molecular complexity index is 680. The number of rotatable bonds is 11. The van der Waals surface area contributed by atoms with Gasteiger partial charge in [-0.1, -0.05) is 24.6 Å². The molecule has 7 nitrogen and oxygen atoms in total. The lowest BCUT2D eigenvalue weighted by molar-refractivity contribution is 0.308. The van der Waals surface area contributed by atoms with Gasteiger partial charge < -0.3 is 19.9 Å². The molecule has 7 heteroatoms. The summed E-state index contributed by atoms with van der Waals surface area (Å²) in [5.74, 6) is 2.79. The van der Waals surface area contributed by atoms with Crippen molar-refractivity contribution >= 4 is 5.96 Å². The fraction of sp³-hybridized carbons (Fsp3) is 0.550. The van der Waals surface area contributed by atoms with E-state index in [0.717, 1.165) is 69.6 Å². The minimum Gasteiger partial charge on any atom is -0.494 e. The Morgan fingerprint density at radius 2 is 1.96 bits per heavy atom. The Morgan fingerprint density at radius 3 is 2.70 bits per heavy atom. The highest BCUT2D eigenvalue weighted by atomic mass is 16.5. The Hall–Kier alpha value is -2.57. The van der Waals surface area contributed by atoms with E-state index in [1.807, 2.05) is 12.1 Å². The predicted molar refractivity (Wildman–Crippen MR) is 109 cm³/mol. The molecule has 0 fully saturated rings. The van der Waals surface area contributed by atoms with Crippen LogP contribution >= 0.6 is 0 Å². The summed E-state index contributed by atoms with van der Waals surface area (Å²) in [4.78, 5) is 4.63. The monoisotopic (exact) mass is 372 g/mol. The smallest absolute Gasteiger partial charge is 0.191 e. The predicted octanol–water partition coefficient (Wildman–Crippen LogP) is 2.56. The van der Waals surface area contributed by atoms with Gasteiger partial charge in [-0.2, -0.15) is 0 Å². The van der Waals surface area contributed by atoms with E-state index in [-0.39, 0.29) is 0 Å². The average molecular weight is 373 g/mol. The second-order valence-electron chi connectivity index (χ2n) is 6.35. The minimum atomic E-state index is 0.718. The maximum absolute atomic E-state index is 5.75. The number of benzene rings is 1. The lowest BCUT2D eigenvalue weighted by Gasteiger charge is -2.12. The van der Waals surface area contributed by atoms with Crippen LogP contribution in [0.3, 0.4) is 0 Å². The molecule has 0 saturated carbocycles. The van der Waals surface area contributed by atoms with E-state index in [1.54, 1.807) is 6.33 Å². The highest BCUT2D eigenvalue weighted by Gasteiger charge is 2.02. The second-order valence-corrected chi connectivity index (χ2v) is 6.35. The third kappa shape index (κ3) is 7.68. The number of aromatic nitrogens is 3. The third-order valence-corrected chi connectivity index (χ3v) is 4.11. The first-order valence-corrected chi connectivity index (χ1v) is 9.81. The molecule has 0 unspecified atom stereocenters. The molecule has 2 rings (SSSR count). The Balaban J connectivity index is 1.64. The zero-order valence-corrected chi connectivity index (χ0v) is 16.7. The molecule has 2 N–H and O–H groups in total. The van der Waals surface area contributed by atoms with Gasteiger partial charge in [0.25, 0.3) is 0 Å². The van der Waals surface area contributed by atoms with E-state index in [4.69, 9.17) is 4.74 Å². The third-order valence-electron chi connectivity index (χ3n) is 4.11. The largest absolute Gasteiger partial charge is 0.494 e. The van der Waals surface area contributed by atoms with Crippen LogP contribution in [-0.4, -0.2) is 47.0 Å². The average Bonchev–Trinajstić information content (AvgIpc) is 3.13. The maximum atomic E-state index is 5.75. The molecule has 27 heavy (non-hydrogen) atoms. The Morgan fingerprint density at radius 1 is 1.15 bits per heavy atom. The quantitative estimate of drug-likeness (QED) is 0.360. The van der Waals surface area contributed by atoms with Crippen LogP contribution in [0.2, 0.25) is 0 Å². The number of guanidine groups is 1. The van der Waals surface area contributed by atoms with Gasteiger partial charge in [0.1, 0.15) is 17.9 Å². The lowest BCUT2D eigenvalue weighted by atomic mass is 10.2. The fourth-order valence-corrected chi connectivity index (χ4v) is 2.61. The molecule has 148 valence electrons. The summed E-state index contributed by atoms with van der Waals surface area (Å²) in [6.45, 7) is 10.2. The van der Waals surface area contributed by atoms with Crippen LogP contribution in [-0.2, 0) is 13.0 Å². The number of hydrogen-bond acceptors (Lipinski definition) is 4. The van der Waals surface area contributed by atoms with Crippen molar-refractivity contribution < 1.29 is 4.74 Å². The van der Waals surface area contributed by atoms with Crippen LogP contribution in [0.25, 0.3) is 0 Å². The first-order valence-electron chi connectivity index (χ1n) is 9.81. The summed E-state index contributed by atoms with van der Waals surface area (Å²) in [7, 11) is 0. The highest BCUT2D eigenvalue weighted by molar-refractivity contribution is 5.79. The number of nitrogens with one attached hydrogen (secondary N) is 2. The number of nitrogens with zero attached hydrogens (tertiary/aromatic N) is 4. The van der Waals surface area contributed by atoms with Gasteiger partial charge in [-0.15, -0.1) is 10.2 Å². The summed E-state index contributed by atoms with van der Waals surface area (Å²) < 4.78 is 7.82. The fourth-order valence-electron chi connectivity index (χ4n) is 2.61. The van der Waals surface area contributed by atoms with Crippen molar-refractivity contribution in [3.05, 3.63) is 42.0 Å². The second kappa shape index (κ2) is 11.9. The molecule has 0 bridgehead atoms. The minimum absolute atomic E-state index is 0.718. The Kier molecular flexibility index (Phi) is 9.17. The summed E-state index contributed by atoms with van der Waals surface area (Å²) in [5, 5.41) is 14.7. The molecule has 0 spiro atoms. The molecule has 0 aliphatic heterocycles. The van der Waals surface area contributed by atoms with Gasteiger partial charge in [0.15, 0.2) is 5.96 Å². The molecule has 0 saturated heterocycles. The van der Waals surface area contributed by atoms with Gasteiger partial charge in [-0.05, 0) is 38.8 Å². The van der Waals surface area contributed by atoms with Crippen molar-refractivity contribution in [1.29, 1.82) is 0 Å². The number of hydrogen-bond donors (Lipinski definition) is 2. The van der Waals surface area contributed by atoms with E-state index in [1.165, 1.54) is 5.56 Å². The van der Waals surface area contributed by atoms with E-state index < -0.39 is 0 Å². The summed E-state index contributed by atoms with van der Waals surface area (Å²) in [5.41, 5.74) is 1.25. The Labute approximate surface area is 162 Å². The standard InChI is InChI=1S/C20H32N6O/c1-4-19-25-24-16-26(19)14-13-23-20(21-5-2)22-12-6-7-15-27-18-10-8-17(3)9-11-18/h8-11,16H,4-7,12-15H2,1-3H3,(H2,21,22,23). The first-order chi connectivity index (χ1) is 13.2. The number of aliphatic imine (C=N–C) groups is 1. The van der Waals surface area contributed by atoms with Gasteiger partial charge >= 0.3 is 0 Å². The van der Waals surface area contributed by atoms with Crippen molar-refractivity contribution in [3.63, 3.8) is 0 Å². The topological polar surface area (TPSA) is 76.4 Å². The van der Waals surface area contributed by atoms with Crippen LogP contribution in [0, 0.1) is 6.92 Å². The van der Waals surface area contributed by atoms with Gasteiger partial charge in [-0.25, -0.2) is 0 Å². The van der Waals surface area contributed by atoms with Crippen LogP contribution in [0.5, 0.6) is 5.75 Å². The number of aryl methyl sites for hydroxylation is 2. The van der Waals surface area contributed by atoms with Crippen molar-refractivity contribution in [2.75, 3.05) is 26.2 Å². The van der Waals surface area contributed by atoms with Gasteiger partial charge in [-0.3, -0.25) is 4.99 Å². The first kappa shape index (κ1) is 20.7. The normalized spacial score (nSPS) is 11.4. The van der Waals surface area contributed by atoms with Crippen LogP contribution < -0.4 is 15.4 Å². The van der Waals surface area contributed by atoms with Crippen molar-refractivity contribution in [3.8, 4) is 5.75 Å². The molecule has 0 atom stereocenters. The molecule has 2 aromatic rings. The lowest BCUT2D eigenvalue weighted by Crippen LogP contribution is -2.39. The molecular weight excluding hydrogens is 340 g/mol. The van der Waals surface area contributed by atoms with Gasteiger partial charge in [0.05, 0.1) is 6.61 Å². The molecule has 1 aromatic carbocycles. The molecule has 0 aliphatic carbocycles. The van der Waals surface area contributed by atoms with Crippen LogP contribution in [0.15, 0.2) is 35.6 Å². The highest BCUT2D eigenvalue weighted by Crippen LogP contribution is 2.11. The molecule has 1 aromatic heterocycles. The molecule has 0 aliphatic rings. The van der Waals surface area contributed by atoms with Crippen molar-refractivity contribution in [2.45, 2.75) is 46.6 Å². The summed E-state index contributed by atoms with van der Waals surface area (Å²) in [6, 6.07) is 8.16. The van der Waals surface area contributed by atoms with E-state index in [2.05, 4.69) is 63.3 Å². The maximum Gasteiger partial charge on any atom is 0.191 e. The number of unbranched alkanes of at least 4 members (excludes halogenated alkanes) is 1. The molecule has 0 amide bonds. The SMILES string of the molecule is CCNC(=NCCCCOc1ccc(C)cc1)NCCn1cnnc1CC.